The van der Waals surface area contributed by atoms with Crippen LogP contribution in [0.2, 0.25) is 0 Å². The fourth-order valence-corrected chi connectivity index (χ4v) is 2.91. The molecule has 7 nitrogen and oxygen atoms in total. The topological polar surface area (TPSA) is 95.9 Å². The first kappa shape index (κ1) is 22.4. The number of piperidine rings is 1. The molecule has 0 spiro atoms. The second-order valence-corrected chi connectivity index (χ2v) is 8.08. The lowest BCUT2D eigenvalue weighted by Crippen LogP contribution is -2.50. The molecule has 7 heteroatoms. The van der Waals surface area contributed by atoms with Gasteiger partial charge in [-0.2, -0.15) is 0 Å². The van der Waals surface area contributed by atoms with E-state index < -0.39 is 12.0 Å². The van der Waals surface area contributed by atoms with Crippen molar-refractivity contribution in [3.63, 3.8) is 0 Å². The highest BCUT2D eigenvalue weighted by molar-refractivity contribution is 5.86. The van der Waals surface area contributed by atoms with E-state index in [-0.39, 0.29) is 42.3 Å². The summed E-state index contributed by atoms with van der Waals surface area (Å²) in [7, 11) is 0. The van der Waals surface area contributed by atoms with Crippen LogP contribution in [0.25, 0.3) is 0 Å². The van der Waals surface area contributed by atoms with Crippen molar-refractivity contribution >= 4 is 17.8 Å². The number of likely N-dealkylation sites (tertiary alicyclic amines) is 1. The van der Waals surface area contributed by atoms with Gasteiger partial charge in [0.05, 0.1) is 11.5 Å². The van der Waals surface area contributed by atoms with Gasteiger partial charge in [-0.15, -0.1) is 0 Å². The number of nitrogens with zero attached hydrogens (tertiary/aromatic N) is 1. The third-order valence-corrected chi connectivity index (χ3v) is 4.69. The molecule has 0 bridgehead atoms. The van der Waals surface area contributed by atoms with Crippen LogP contribution < -0.4 is 5.32 Å². The number of carbonyl (C=O) groups is 3. The van der Waals surface area contributed by atoms with Crippen LogP contribution in [0, 0.1) is 11.8 Å². The summed E-state index contributed by atoms with van der Waals surface area (Å²) in [6.45, 7) is 10.8. The number of carbonyl (C=O) groups excluding carboxylic acids is 2. The molecule has 1 heterocycles. The number of nitrogens with one attached hydrogen (secondary N) is 1. The van der Waals surface area contributed by atoms with Gasteiger partial charge in [-0.25, -0.2) is 4.79 Å². The Bertz CT molecular complexity index is 501. The molecule has 2 amide bonds. The van der Waals surface area contributed by atoms with Crippen LogP contribution in [0.3, 0.4) is 0 Å². The zero-order valence-corrected chi connectivity index (χ0v) is 16.7. The minimum atomic E-state index is -1.07. The number of aliphatic carboxylic acids is 1. The lowest BCUT2D eigenvalue weighted by Gasteiger charge is -2.34. The van der Waals surface area contributed by atoms with Gasteiger partial charge in [0, 0.05) is 32.0 Å². The molecule has 0 saturated carbocycles. The van der Waals surface area contributed by atoms with Crippen molar-refractivity contribution in [3.8, 4) is 0 Å². The number of hydrogen-bond donors (Lipinski definition) is 2. The zero-order chi connectivity index (χ0) is 19.9. The summed E-state index contributed by atoms with van der Waals surface area (Å²) in [6.07, 6.45) is 2.40. The Morgan fingerprint density at radius 1 is 1.31 bits per heavy atom. The molecule has 0 aromatic carbocycles. The second kappa shape index (κ2) is 9.90. The first-order chi connectivity index (χ1) is 12.0. The Kier molecular flexibility index (Phi) is 8.53. The van der Waals surface area contributed by atoms with Gasteiger partial charge in [0.25, 0.3) is 0 Å². The Labute approximate surface area is 156 Å². The third-order valence-electron chi connectivity index (χ3n) is 4.69. The number of rotatable bonds is 8. The largest absolute Gasteiger partial charge is 0.480 e. The molecule has 1 fully saturated rings. The average Bonchev–Trinajstić information content (AvgIpc) is 2.58. The lowest BCUT2D eigenvalue weighted by molar-refractivity contribution is -0.145. The third kappa shape index (κ3) is 7.32. The normalized spacial score (nSPS) is 20.3. The maximum absolute atomic E-state index is 12.5. The maximum atomic E-state index is 12.5. The standard InChI is InChI=1S/C19H34N2O5/c1-6-13(2)17(23)21-10-7-8-14(12-21)16(22)20-15(18(24)25)9-11-26-19(3,4)5/h13-15H,6-12H2,1-5H3,(H,20,22)(H,24,25). The molecular weight excluding hydrogens is 336 g/mol. The van der Waals surface area contributed by atoms with E-state index in [0.717, 1.165) is 12.8 Å². The molecule has 1 aliphatic rings. The molecule has 0 aromatic rings. The highest BCUT2D eigenvalue weighted by Gasteiger charge is 2.32. The smallest absolute Gasteiger partial charge is 0.326 e. The van der Waals surface area contributed by atoms with Crippen molar-refractivity contribution in [3.05, 3.63) is 0 Å². The van der Waals surface area contributed by atoms with E-state index in [9.17, 15) is 19.5 Å². The van der Waals surface area contributed by atoms with Crippen molar-refractivity contribution < 1.29 is 24.2 Å². The molecular formula is C19H34N2O5. The number of hydrogen-bond acceptors (Lipinski definition) is 4. The molecule has 26 heavy (non-hydrogen) atoms. The molecule has 1 rings (SSSR count). The highest BCUT2D eigenvalue weighted by Crippen LogP contribution is 2.20. The molecule has 0 aromatic heterocycles. The molecule has 150 valence electrons. The average molecular weight is 370 g/mol. The zero-order valence-electron chi connectivity index (χ0n) is 16.7. The SMILES string of the molecule is CCC(C)C(=O)N1CCCC(C(=O)NC(CCOC(C)(C)C)C(=O)O)C1. The highest BCUT2D eigenvalue weighted by atomic mass is 16.5. The van der Waals surface area contributed by atoms with Crippen molar-refractivity contribution in [1.82, 2.24) is 10.2 Å². The second-order valence-electron chi connectivity index (χ2n) is 8.08. The maximum Gasteiger partial charge on any atom is 0.326 e. The van der Waals surface area contributed by atoms with E-state index >= 15 is 0 Å². The number of carboxylic acid groups (broad SMARTS) is 1. The van der Waals surface area contributed by atoms with Crippen molar-refractivity contribution in [1.29, 1.82) is 0 Å². The van der Waals surface area contributed by atoms with E-state index in [1.165, 1.54) is 0 Å². The van der Waals surface area contributed by atoms with Gasteiger partial charge >= 0.3 is 5.97 Å². The summed E-state index contributed by atoms with van der Waals surface area (Å²) < 4.78 is 5.56. The summed E-state index contributed by atoms with van der Waals surface area (Å²) in [5.74, 6) is -1.72. The van der Waals surface area contributed by atoms with Crippen LogP contribution in [-0.4, -0.2) is 59.1 Å². The van der Waals surface area contributed by atoms with Gasteiger partial charge in [0.15, 0.2) is 0 Å². The number of carboxylic acids is 1. The first-order valence-corrected chi connectivity index (χ1v) is 9.51. The van der Waals surface area contributed by atoms with E-state index in [4.69, 9.17) is 4.74 Å². The summed E-state index contributed by atoms with van der Waals surface area (Å²) >= 11 is 0. The molecule has 3 unspecified atom stereocenters. The van der Waals surface area contributed by atoms with Gasteiger partial charge < -0.3 is 20.1 Å². The van der Waals surface area contributed by atoms with Crippen molar-refractivity contribution in [2.45, 2.75) is 71.9 Å². The van der Waals surface area contributed by atoms with Crippen LogP contribution in [0.1, 0.15) is 60.3 Å². The van der Waals surface area contributed by atoms with Crippen molar-refractivity contribution in [2.24, 2.45) is 11.8 Å². The van der Waals surface area contributed by atoms with Gasteiger partial charge in [-0.05, 0) is 40.0 Å². The van der Waals surface area contributed by atoms with Crippen LogP contribution in [0.5, 0.6) is 0 Å². The number of amides is 2. The Balaban J connectivity index is 2.60. The predicted molar refractivity (Wildman–Crippen MR) is 98.6 cm³/mol. The molecule has 0 radical (unpaired) electrons. The predicted octanol–water partition coefficient (Wildman–Crippen LogP) is 2.05. The summed E-state index contributed by atoms with van der Waals surface area (Å²) in [5.41, 5.74) is -0.354. The van der Waals surface area contributed by atoms with Gasteiger partial charge in [0.2, 0.25) is 11.8 Å². The van der Waals surface area contributed by atoms with Crippen LogP contribution in [0.4, 0.5) is 0 Å². The summed E-state index contributed by atoms with van der Waals surface area (Å²) in [5, 5.41) is 12.0. The molecule has 1 aliphatic heterocycles. The van der Waals surface area contributed by atoms with E-state index in [1.54, 1.807) is 4.90 Å². The quantitative estimate of drug-likeness (QED) is 0.682. The van der Waals surface area contributed by atoms with Gasteiger partial charge in [-0.1, -0.05) is 13.8 Å². The first-order valence-electron chi connectivity index (χ1n) is 9.51. The fraction of sp³-hybridized carbons (Fsp3) is 0.842. The lowest BCUT2D eigenvalue weighted by atomic mass is 9.95. The fourth-order valence-electron chi connectivity index (χ4n) is 2.91. The summed E-state index contributed by atoms with van der Waals surface area (Å²) in [4.78, 5) is 38.0. The van der Waals surface area contributed by atoms with Crippen LogP contribution in [-0.2, 0) is 19.1 Å². The number of ether oxygens (including phenoxy) is 1. The Morgan fingerprint density at radius 2 is 1.96 bits per heavy atom. The molecule has 1 saturated heterocycles. The monoisotopic (exact) mass is 370 g/mol. The Hall–Kier alpha value is -1.63. The van der Waals surface area contributed by atoms with E-state index in [0.29, 0.717) is 19.5 Å². The van der Waals surface area contributed by atoms with Gasteiger partial charge in [-0.3, -0.25) is 9.59 Å². The molecule has 2 N–H and O–H groups in total. The van der Waals surface area contributed by atoms with E-state index in [2.05, 4.69) is 5.32 Å². The molecule has 0 aliphatic carbocycles. The van der Waals surface area contributed by atoms with Crippen LogP contribution >= 0.6 is 0 Å². The minimum absolute atomic E-state index is 0.0573. The van der Waals surface area contributed by atoms with Gasteiger partial charge in [0.1, 0.15) is 6.04 Å². The minimum Gasteiger partial charge on any atom is -0.480 e. The van der Waals surface area contributed by atoms with Crippen LogP contribution in [0.15, 0.2) is 0 Å². The molecule has 3 atom stereocenters. The van der Waals surface area contributed by atoms with E-state index in [1.807, 2.05) is 34.6 Å². The summed E-state index contributed by atoms with van der Waals surface area (Å²) in [6, 6.07) is -0.981. The van der Waals surface area contributed by atoms with Crippen molar-refractivity contribution in [2.75, 3.05) is 19.7 Å². The Morgan fingerprint density at radius 3 is 2.50 bits per heavy atom.